The molecule has 5 nitrogen and oxygen atoms in total. The van der Waals surface area contributed by atoms with E-state index in [-0.39, 0.29) is 12.5 Å². The number of para-hydroxylation sites is 1. The van der Waals surface area contributed by atoms with E-state index in [0.717, 1.165) is 17.7 Å². The Bertz CT molecular complexity index is 597. The highest BCUT2D eigenvalue weighted by atomic mass is 16.5. The van der Waals surface area contributed by atoms with Crippen molar-refractivity contribution < 1.29 is 14.3 Å². The summed E-state index contributed by atoms with van der Waals surface area (Å²) in [5.74, 6) is 1.01. The molecule has 0 spiro atoms. The molecule has 0 saturated heterocycles. The van der Waals surface area contributed by atoms with Crippen LogP contribution in [0, 0.1) is 0 Å². The van der Waals surface area contributed by atoms with Crippen molar-refractivity contribution in [2.45, 2.75) is 13.3 Å². The number of rotatable bonds is 6. The van der Waals surface area contributed by atoms with Gasteiger partial charge in [0, 0.05) is 6.07 Å². The second-order valence-corrected chi connectivity index (χ2v) is 4.39. The van der Waals surface area contributed by atoms with Crippen LogP contribution in [0.5, 0.6) is 11.6 Å². The van der Waals surface area contributed by atoms with Crippen molar-refractivity contribution in [1.82, 2.24) is 4.98 Å². The van der Waals surface area contributed by atoms with Crippen LogP contribution in [0.1, 0.15) is 12.5 Å². The van der Waals surface area contributed by atoms with Crippen molar-refractivity contribution in [2.24, 2.45) is 0 Å². The van der Waals surface area contributed by atoms with E-state index >= 15 is 0 Å². The smallest absolute Gasteiger partial charge is 0.262 e. The lowest BCUT2D eigenvalue weighted by molar-refractivity contribution is -0.118. The first kappa shape index (κ1) is 14.8. The number of anilines is 1. The quantitative estimate of drug-likeness (QED) is 0.887. The van der Waals surface area contributed by atoms with Gasteiger partial charge in [0.05, 0.1) is 19.0 Å². The molecule has 1 N–H and O–H groups in total. The van der Waals surface area contributed by atoms with Crippen LogP contribution in [0.25, 0.3) is 0 Å². The number of amides is 1. The van der Waals surface area contributed by atoms with Gasteiger partial charge in [-0.25, -0.2) is 4.98 Å². The fourth-order valence-electron chi connectivity index (χ4n) is 1.85. The van der Waals surface area contributed by atoms with Gasteiger partial charge in [0.1, 0.15) is 5.75 Å². The molecule has 0 aliphatic heterocycles. The first-order chi connectivity index (χ1) is 10.2. The lowest BCUT2D eigenvalue weighted by Crippen LogP contribution is -2.20. The van der Waals surface area contributed by atoms with Crippen molar-refractivity contribution in [1.29, 1.82) is 0 Å². The van der Waals surface area contributed by atoms with Crippen molar-refractivity contribution in [3.05, 3.63) is 48.2 Å². The number of hydrogen-bond acceptors (Lipinski definition) is 4. The minimum atomic E-state index is -0.229. The van der Waals surface area contributed by atoms with E-state index in [2.05, 4.69) is 10.3 Å². The van der Waals surface area contributed by atoms with Crippen LogP contribution in [0.2, 0.25) is 0 Å². The van der Waals surface area contributed by atoms with E-state index in [0.29, 0.717) is 11.6 Å². The number of hydrogen-bond donors (Lipinski definition) is 1. The zero-order valence-corrected chi connectivity index (χ0v) is 12.1. The average molecular weight is 286 g/mol. The monoisotopic (exact) mass is 286 g/mol. The Morgan fingerprint density at radius 2 is 2.05 bits per heavy atom. The molecule has 0 aliphatic rings. The maximum atomic E-state index is 11.8. The topological polar surface area (TPSA) is 60.5 Å². The molecule has 0 atom stereocenters. The highest BCUT2D eigenvalue weighted by Gasteiger charge is 2.06. The third kappa shape index (κ3) is 4.21. The Hall–Kier alpha value is -2.56. The fraction of sp³-hybridized carbons (Fsp3) is 0.250. The average Bonchev–Trinajstić information content (AvgIpc) is 2.54. The maximum absolute atomic E-state index is 11.8. The van der Waals surface area contributed by atoms with Gasteiger partial charge in [-0.05, 0) is 24.1 Å². The van der Waals surface area contributed by atoms with Crippen LogP contribution in [-0.2, 0) is 11.2 Å². The van der Waals surface area contributed by atoms with Crippen molar-refractivity contribution in [3.63, 3.8) is 0 Å². The van der Waals surface area contributed by atoms with E-state index in [4.69, 9.17) is 9.47 Å². The molecule has 1 aromatic heterocycles. The number of ether oxygens (including phenoxy) is 2. The molecular weight excluding hydrogens is 268 g/mol. The molecule has 1 aromatic carbocycles. The summed E-state index contributed by atoms with van der Waals surface area (Å²) < 4.78 is 10.5. The zero-order chi connectivity index (χ0) is 15.1. The third-order valence-electron chi connectivity index (χ3n) is 2.94. The lowest BCUT2D eigenvalue weighted by Gasteiger charge is -2.10. The minimum absolute atomic E-state index is 0.0386. The van der Waals surface area contributed by atoms with Crippen molar-refractivity contribution >= 4 is 11.6 Å². The van der Waals surface area contributed by atoms with Crippen LogP contribution in [0.4, 0.5) is 5.69 Å². The highest BCUT2D eigenvalue weighted by molar-refractivity contribution is 5.91. The van der Waals surface area contributed by atoms with Gasteiger partial charge in [-0.1, -0.05) is 25.1 Å². The number of pyridine rings is 1. The Balaban J connectivity index is 1.89. The summed E-state index contributed by atoms with van der Waals surface area (Å²) in [7, 11) is 1.54. The first-order valence-corrected chi connectivity index (χ1v) is 6.73. The molecule has 0 radical (unpaired) electrons. The summed E-state index contributed by atoms with van der Waals surface area (Å²) in [5.41, 5.74) is 1.68. The number of nitrogens with one attached hydrogen (secondary N) is 1. The molecule has 2 rings (SSSR count). The highest BCUT2D eigenvalue weighted by Crippen LogP contribution is 2.18. The predicted octanol–water partition coefficient (Wildman–Crippen LogP) is 2.67. The summed E-state index contributed by atoms with van der Waals surface area (Å²) in [6.45, 7) is 2.01. The van der Waals surface area contributed by atoms with E-state index < -0.39 is 0 Å². The summed E-state index contributed by atoms with van der Waals surface area (Å²) in [4.78, 5) is 15.9. The number of methoxy groups -OCH3 is 1. The van der Waals surface area contributed by atoms with Crippen LogP contribution < -0.4 is 14.8 Å². The van der Waals surface area contributed by atoms with Crippen LogP contribution in [0.15, 0.2) is 42.6 Å². The summed E-state index contributed by atoms with van der Waals surface area (Å²) in [6.07, 6.45) is 2.40. The van der Waals surface area contributed by atoms with E-state index in [1.807, 2.05) is 31.2 Å². The minimum Gasteiger partial charge on any atom is -0.483 e. The molecule has 110 valence electrons. The van der Waals surface area contributed by atoms with Crippen molar-refractivity contribution in [2.75, 3.05) is 19.0 Å². The van der Waals surface area contributed by atoms with E-state index in [1.165, 1.54) is 6.20 Å². The first-order valence-electron chi connectivity index (χ1n) is 6.73. The number of benzene rings is 1. The molecule has 21 heavy (non-hydrogen) atoms. The van der Waals surface area contributed by atoms with E-state index in [1.54, 1.807) is 19.2 Å². The van der Waals surface area contributed by atoms with Crippen LogP contribution >= 0.6 is 0 Å². The summed E-state index contributed by atoms with van der Waals surface area (Å²) in [5, 5.41) is 2.72. The molecule has 1 amide bonds. The van der Waals surface area contributed by atoms with Gasteiger partial charge in [-0.2, -0.15) is 0 Å². The molecule has 0 saturated carbocycles. The fourth-order valence-corrected chi connectivity index (χ4v) is 1.85. The Morgan fingerprint density at radius 1 is 1.24 bits per heavy atom. The van der Waals surface area contributed by atoms with Crippen LogP contribution in [-0.4, -0.2) is 24.6 Å². The second-order valence-electron chi connectivity index (χ2n) is 4.39. The summed E-state index contributed by atoms with van der Waals surface area (Å²) >= 11 is 0. The Morgan fingerprint density at radius 3 is 2.71 bits per heavy atom. The lowest BCUT2D eigenvalue weighted by atomic mass is 10.1. The molecule has 2 aromatic rings. The molecule has 1 heterocycles. The van der Waals surface area contributed by atoms with Gasteiger partial charge < -0.3 is 14.8 Å². The molecule has 0 aliphatic carbocycles. The molecular formula is C16H18N2O3. The second kappa shape index (κ2) is 7.28. The number of aryl methyl sites for hydroxylation is 1. The summed E-state index contributed by atoms with van der Waals surface area (Å²) in [6, 6.07) is 11.1. The van der Waals surface area contributed by atoms with Crippen LogP contribution in [0.3, 0.4) is 0 Å². The number of carbonyl (C=O) groups excluding carboxylic acids is 1. The number of carbonyl (C=O) groups is 1. The van der Waals surface area contributed by atoms with Gasteiger partial charge in [0.2, 0.25) is 5.88 Å². The standard InChI is InChI=1S/C16H18N2O3/c1-3-12-6-4-5-7-14(12)21-11-15(19)18-13-8-9-16(20-2)17-10-13/h4-10H,3,11H2,1-2H3,(H,18,19). The van der Waals surface area contributed by atoms with E-state index in [9.17, 15) is 4.79 Å². The molecule has 5 heteroatoms. The Labute approximate surface area is 123 Å². The van der Waals surface area contributed by atoms with Crippen molar-refractivity contribution in [3.8, 4) is 11.6 Å². The third-order valence-corrected chi connectivity index (χ3v) is 2.94. The largest absolute Gasteiger partial charge is 0.483 e. The molecule has 0 bridgehead atoms. The van der Waals surface area contributed by atoms with Gasteiger partial charge in [0.25, 0.3) is 5.91 Å². The predicted molar refractivity (Wildman–Crippen MR) is 80.7 cm³/mol. The molecule has 0 unspecified atom stereocenters. The number of nitrogens with zero attached hydrogens (tertiary/aromatic N) is 1. The normalized spacial score (nSPS) is 10.0. The maximum Gasteiger partial charge on any atom is 0.262 e. The Kier molecular flexibility index (Phi) is 5.15. The van der Waals surface area contributed by atoms with Gasteiger partial charge >= 0.3 is 0 Å². The zero-order valence-electron chi connectivity index (χ0n) is 12.1. The number of aromatic nitrogens is 1. The van der Waals surface area contributed by atoms with Gasteiger partial charge in [-0.3, -0.25) is 4.79 Å². The molecule has 0 fully saturated rings. The SMILES string of the molecule is CCc1ccccc1OCC(=O)Nc1ccc(OC)nc1. The van der Waals surface area contributed by atoms with Gasteiger partial charge in [0.15, 0.2) is 6.61 Å². The van der Waals surface area contributed by atoms with Gasteiger partial charge in [-0.15, -0.1) is 0 Å².